The molecular formula is C19H18FNO2. The van der Waals surface area contributed by atoms with Crippen molar-refractivity contribution in [2.75, 3.05) is 0 Å². The maximum absolute atomic E-state index is 13.2. The number of aromatic hydroxyl groups is 1. The molecule has 3 rings (SSSR count). The van der Waals surface area contributed by atoms with Crippen LogP contribution in [-0.4, -0.2) is 9.67 Å². The highest BCUT2D eigenvalue weighted by molar-refractivity contribution is 6.00. The van der Waals surface area contributed by atoms with Gasteiger partial charge in [-0.15, -0.1) is 0 Å². The molecule has 0 amide bonds. The van der Waals surface area contributed by atoms with Gasteiger partial charge in [-0.25, -0.2) is 4.39 Å². The van der Waals surface area contributed by atoms with Crippen molar-refractivity contribution in [2.45, 2.75) is 26.8 Å². The summed E-state index contributed by atoms with van der Waals surface area (Å²) in [6, 6.07) is 11.2. The fraction of sp³-hybridized carbons (Fsp3) is 0.211. The minimum atomic E-state index is -0.349. The Hall–Kier alpha value is -2.62. The van der Waals surface area contributed by atoms with Gasteiger partial charge in [0.1, 0.15) is 5.82 Å². The van der Waals surface area contributed by atoms with Gasteiger partial charge < -0.3 is 5.11 Å². The summed E-state index contributed by atoms with van der Waals surface area (Å²) >= 11 is 0. The number of pyridine rings is 1. The quantitative estimate of drug-likeness (QED) is 0.762. The van der Waals surface area contributed by atoms with E-state index in [1.54, 1.807) is 18.2 Å². The van der Waals surface area contributed by atoms with Crippen molar-refractivity contribution in [1.82, 2.24) is 4.57 Å². The highest BCUT2D eigenvalue weighted by Crippen LogP contribution is 2.34. The van der Waals surface area contributed by atoms with Gasteiger partial charge in [0.2, 0.25) is 5.88 Å². The van der Waals surface area contributed by atoms with E-state index in [0.29, 0.717) is 21.9 Å². The predicted octanol–water partition coefficient (Wildman–Crippen LogP) is 4.40. The molecule has 118 valence electrons. The van der Waals surface area contributed by atoms with Crippen LogP contribution in [-0.2, 0) is 0 Å². The fourth-order valence-corrected chi connectivity index (χ4v) is 3.00. The molecule has 1 heterocycles. The van der Waals surface area contributed by atoms with Gasteiger partial charge in [-0.05, 0) is 50.1 Å². The molecule has 0 bridgehead atoms. The number of hydrogen-bond donors (Lipinski definition) is 1. The number of nitrogens with zero attached hydrogens (tertiary/aromatic N) is 1. The Bertz CT molecular complexity index is 940. The maximum atomic E-state index is 13.2. The van der Waals surface area contributed by atoms with Crippen molar-refractivity contribution in [2.24, 2.45) is 0 Å². The maximum Gasteiger partial charge on any atom is 0.262 e. The first-order valence-electron chi connectivity index (χ1n) is 7.54. The first-order chi connectivity index (χ1) is 10.9. The molecule has 0 radical (unpaired) electrons. The second-order valence-corrected chi connectivity index (χ2v) is 5.97. The van der Waals surface area contributed by atoms with Crippen molar-refractivity contribution in [3.05, 3.63) is 64.2 Å². The zero-order valence-electron chi connectivity index (χ0n) is 13.3. The first-order valence-corrected chi connectivity index (χ1v) is 7.54. The summed E-state index contributed by atoms with van der Waals surface area (Å²) in [5.74, 6) is -0.382. The summed E-state index contributed by atoms with van der Waals surface area (Å²) in [7, 11) is 0. The van der Waals surface area contributed by atoms with Gasteiger partial charge in [0.25, 0.3) is 5.56 Å². The van der Waals surface area contributed by atoms with Crippen LogP contribution in [0.15, 0.2) is 47.3 Å². The Morgan fingerprint density at radius 3 is 2.35 bits per heavy atom. The number of hydrogen-bond acceptors (Lipinski definition) is 2. The number of aromatic nitrogens is 1. The van der Waals surface area contributed by atoms with E-state index in [9.17, 15) is 14.3 Å². The molecule has 0 atom stereocenters. The molecule has 3 nitrogen and oxygen atoms in total. The van der Waals surface area contributed by atoms with Gasteiger partial charge in [0.15, 0.2) is 0 Å². The van der Waals surface area contributed by atoms with Gasteiger partial charge in [-0.2, -0.15) is 0 Å². The van der Waals surface area contributed by atoms with Crippen molar-refractivity contribution >= 4 is 10.8 Å². The third kappa shape index (κ3) is 2.40. The molecule has 2 aromatic carbocycles. The predicted molar refractivity (Wildman–Crippen MR) is 90.4 cm³/mol. The largest absolute Gasteiger partial charge is 0.494 e. The zero-order valence-corrected chi connectivity index (χ0v) is 13.3. The number of rotatable bonds is 2. The Balaban J connectivity index is 2.53. The summed E-state index contributed by atoms with van der Waals surface area (Å²) in [6.07, 6.45) is 0. The molecule has 0 unspecified atom stereocenters. The summed E-state index contributed by atoms with van der Waals surface area (Å²) < 4.78 is 14.6. The summed E-state index contributed by atoms with van der Waals surface area (Å²) in [4.78, 5) is 13.0. The second-order valence-electron chi connectivity index (χ2n) is 5.97. The second kappa shape index (κ2) is 5.54. The van der Waals surface area contributed by atoms with Crippen molar-refractivity contribution in [3.63, 3.8) is 0 Å². The molecular weight excluding hydrogens is 293 g/mol. The third-order valence-corrected chi connectivity index (χ3v) is 4.07. The lowest BCUT2D eigenvalue weighted by Crippen LogP contribution is -2.24. The van der Waals surface area contributed by atoms with Gasteiger partial charge in [0, 0.05) is 16.8 Å². The normalized spacial score (nSPS) is 11.3. The number of benzene rings is 2. The Morgan fingerprint density at radius 2 is 1.74 bits per heavy atom. The lowest BCUT2D eigenvalue weighted by molar-refractivity contribution is 0.395. The van der Waals surface area contributed by atoms with E-state index < -0.39 is 0 Å². The van der Waals surface area contributed by atoms with Crippen LogP contribution in [0.25, 0.3) is 21.9 Å². The van der Waals surface area contributed by atoms with Gasteiger partial charge >= 0.3 is 0 Å². The highest BCUT2D eigenvalue weighted by Gasteiger charge is 2.20. The Kier molecular flexibility index (Phi) is 3.68. The molecule has 0 aliphatic heterocycles. The zero-order chi connectivity index (χ0) is 16.7. The van der Waals surface area contributed by atoms with E-state index in [1.807, 2.05) is 32.9 Å². The molecule has 0 spiro atoms. The van der Waals surface area contributed by atoms with Gasteiger partial charge in [-0.1, -0.05) is 24.3 Å². The van der Waals surface area contributed by atoms with E-state index in [0.717, 1.165) is 5.56 Å². The number of fused-ring (bicyclic) bond motifs is 1. The smallest absolute Gasteiger partial charge is 0.262 e. The number of aryl methyl sites for hydroxylation is 1. The van der Waals surface area contributed by atoms with Crippen molar-refractivity contribution in [1.29, 1.82) is 0 Å². The van der Waals surface area contributed by atoms with Crippen molar-refractivity contribution < 1.29 is 9.50 Å². The third-order valence-electron chi connectivity index (χ3n) is 4.07. The van der Waals surface area contributed by atoms with Crippen LogP contribution in [0.1, 0.15) is 25.5 Å². The summed E-state index contributed by atoms with van der Waals surface area (Å²) in [5.41, 5.74) is 1.76. The molecule has 1 N–H and O–H groups in total. The number of halogens is 1. The summed E-state index contributed by atoms with van der Waals surface area (Å²) in [6.45, 7) is 5.59. The topological polar surface area (TPSA) is 42.2 Å². The standard InChI is InChI=1S/C19H18FNO2/c1-11(2)21-18(22)15-6-4-5-12(3)16(15)17(19(21)23)13-7-9-14(20)10-8-13/h4-11,22H,1-3H3. The van der Waals surface area contributed by atoms with Crippen LogP contribution in [0, 0.1) is 12.7 Å². The molecule has 0 aliphatic rings. The Labute approximate surface area is 133 Å². The van der Waals surface area contributed by atoms with E-state index in [4.69, 9.17) is 0 Å². The van der Waals surface area contributed by atoms with Crippen LogP contribution in [0.4, 0.5) is 4.39 Å². The Morgan fingerprint density at radius 1 is 1.09 bits per heavy atom. The van der Waals surface area contributed by atoms with E-state index >= 15 is 0 Å². The van der Waals surface area contributed by atoms with Crippen LogP contribution >= 0.6 is 0 Å². The molecule has 0 saturated heterocycles. The minimum Gasteiger partial charge on any atom is -0.494 e. The average molecular weight is 311 g/mol. The van der Waals surface area contributed by atoms with Crippen molar-refractivity contribution in [3.8, 4) is 17.0 Å². The van der Waals surface area contributed by atoms with Crippen LogP contribution in [0.2, 0.25) is 0 Å². The van der Waals surface area contributed by atoms with E-state index in [1.165, 1.54) is 16.7 Å². The van der Waals surface area contributed by atoms with Crippen LogP contribution in [0.3, 0.4) is 0 Å². The van der Waals surface area contributed by atoms with Crippen LogP contribution in [0.5, 0.6) is 5.88 Å². The molecule has 0 fully saturated rings. The SMILES string of the molecule is Cc1cccc2c(O)n(C(C)C)c(=O)c(-c3ccc(F)cc3)c12. The lowest BCUT2D eigenvalue weighted by atomic mass is 9.96. The van der Waals surface area contributed by atoms with E-state index in [2.05, 4.69) is 0 Å². The summed E-state index contributed by atoms with van der Waals surface area (Å²) in [5, 5.41) is 11.9. The minimum absolute atomic E-state index is 0.0328. The molecule has 0 saturated carbocycles. The molecule has 0 aliphatic carbocycles. The lowest BCUT2D eigenvalue weighted by Gasteiger charge is -2.18. The molecule has 1 aromatic heterocycles. The molecule has 3 aromatic rings. The van der Waals surface area contributed by atoms with E-state index in [-0.39, 0.29) is 23.3 Å². The molecule has 4 heteroatoms. The first kappa shape index (κ1) is 15.3. The van der Waals surface area contributed by atoms with Gasteiger partial charge in [-0.3, -0.25) is 9.36 Å². The van der Waals surface area contributed by atoms with Gasteiger partial charge in [0.05, 0.1) is 5.56 Å². The van der Waals surface area contributed by atoms with Crippen LogP contribution < -0.4 is 5.56 Å². The monoisotopic (exact) mass is 311 g/mol. The average Bonchev–Trinajstić information content (AvgIpc) is 2.50. The molecule has 23 heavy (non-hydrogen) atoms. The fourth-order valence-electron chi connectivity index (χ4n) is 3.00. The highest BCUT2D eigenvalue weighted by atomic mass is 19.1.